The van der Waals surface area contributed by atoms with Crippen LogP contribution in [-0.2, 0) is 0 Å². The van der Waals surface area contributed by atoms with E-state index in [1.165, 1.54) is 65.7 Å². The highest BCUT2D eigenvalue weighted by Crippen LogP contribution is 2.52. The van der Waals surface area contributed by atoms with E-state index in [0.717, 1.165) is 34.3 Å². The van der Waals surface area contributed by atoms with Crippen LogP contribution in [0.15, 0.2) is 200 Å². The van der Waals surface area contributed by atoms with Crippen LogP contribution in [0.3, 0.4) is 0 Å². The average molecular weight is 774 g/mol. The summed E-state index contributed by atoms with van der Waals surface area (Å²) >= 11 is 0. The maximum Gasteiger partial charge on any atom is 0.137 e. The molecule has 0 saturated heterocycles. The van der Waals surface area contributed by atoms with E-state index in [4.69, 9.17) is 4.98 Å². The molecule has 0 aliphatic carbocycles. The second-order valence-electron chi connectivity index (χ2n) is 16.4. The first-order valence-corrected chi connectivity index (χ1v) is 21.1. The van der Waals surface area contributed by atoms with Gasteiger partial charge in [0.25, 0.3) is 0 Å². The van der Waals surface area contributed by atoms with Gasteiger partial charge in [-0.3, -0.25) is 4.90 Å². The molecule has 3 nitrogen and oxygen atoms in total. The molecule has 60 heavy (non-hydrogen) atoms. The molecule has 290 valence electrons. The van der Waals surface area contributed by atoms with E-state index in [2.05, 4.69) is 226 Å². The molecular weight excluding hydrogens is 727 g/mol. The zero-order chi connectivity index (χ0) is 40.7. The van der Waals surface area contributed by atoms with Crippen LogP contribution < -0.4 is 9.80 Å². The van der Waals surface area contributed by atoms with Gasteiger partial charge in [-0.05, 0) is 117 Å². The molecule has 0 aliphatic heterocycles. The summed E-state index contributed by atoms with van der Waals surface area (Å²) in [5.74, 6) is 1.74. The van der Waals surface area contributed by atoms with Gasteiger partial charge in [-0.25, -0.2) is 4.98 Å². The molecule has 0 aliphatic rings. The summed E-state index contributed by atoms with van der Waals surface area (Å²) in [6.45, 7) is 9.00. The fourth-order valence-electron chi connectivity index (χ4n) is 8.94. The van der Waals surface area contributed by atoms with Crippen molar-refractivity contribution in [3.63, 3.8) is 0 Å². The van der Waals surface area contributed by atoms with Crippen LogP contribution in [0.1, 0.15) is 50.7 Å². The smallest absolute Gasteiger partial charge is 0.137 e. The Morgan fingerprint density at radius 3 is 1.22 bits per heavy atom. The number of pyridine rings is 1. The van der Waals surface area contributed by atoms with Crippen molar-refractivity contribution < 1.29 is 0 Å². The number of anilines is 6. The molecule has 0 radical (unpaired) electrons. The summed E-state index contributed by atoms with van der Waals surface area (Å²) < 4.78 is 0. The van der Waals surface area contributed by atoms with E-state index in [0.29, 0.717) is 11.8 Å². The number of benzene rings is 9. The molecule has 10 aromatic rings. The fourth-order valence-corrected chi connectivity index (χ4v) is 8.94. The Balaban J connectivity index is 1.35. The van der Waals surface area contributed by atoms with E-state index in [9.17, 15) is 0 Å². The highest BCUT2D eigenvalue weighted by Gasteiger charge is 2.26. The van der Waals surface area contributed by atoms with Crippen LogP contribution in [0, 0.1) is 0 Å². The molecule has 1 heterocycles. The van der Waals surface area contributed by atoms with Crippen LogP contribution in [0.2, 0.25) is 0 Å². The molecule has 0 atom stereocenters. The number of nitrogens with zero attached hydrogens (tertiary/aromatic N) is 3. The number of para-hydroxylation sites is 1. The van der Waals surface area contributed by atoms with Gasteiger partial charge in [-0.1, -0.05) is 161 Å². The molecule has 0 spiro atoms. The maximum atomic E-state index is 5.00. The third-order valence-electron chi connectivity index (χ3n) is 12.0. The Bertz CT molecular complexity index is 2840. The van der Waals surface area contributed by atoms with Gasteiger partial charge in [0.2, 0.25) is 0 Å². The van der Waals surface area contributed by atoms with Gasteiger partial charge in [0.1, 0.15) is 5.82 Å². The van der Waals surface area contributed by atoms with Crippen molar-refractivity contribution >= 4 is 66.6 Å². The van der Waals surface area contributed by atoms with Crippen LogP contribution >= 0.6 is 0 Å². The molecule has 10 rings (SSSR count). The molecule has 0 N–H and O–H groups in total. The Labute approximate surface area is 353 Å². The second-order valence-corrected chi connectivity index (χ2v) is 16.4. The van der Waals surface area contributed by atoms with Crippen molar-refractivity contribution in [2.45, 2.75) is 39.5 Å². The topological polar surface area (TPSA) is 19.4 Å². The third-order valence-corrected chi connectivity index (χ3v) is 12.0. The fraction of sp³-hybridized carbons (Fsp3) is 0.105. The molecule has 0 bridgehead atoms. The van der Waals surface area contributed by atoms with Crippen LogP contribution in [0.4, 0.5) is 34.3 Å². The van der Waals surface area contributed by atoms with Gasteiger partial charge in [0.05, 0.1) is 11.4 Å². The van der Waals surface area contributed by atoms with Crippen LogP contribution in [-0.4, -0.2) is 4.98 Å². The number of rotatable bonds is 10. The van der Waals surface area contributed by atoms with Gasteiger partial charge < -0.3 is 4.90 Å². The van der Waals surface area contributed by atoms with Gasteiger partial charge >= 0.3 is 0 Å². The normalized spacial score (nSPS) is 11.6. The summed E-state index contributed by atoms with van der Waals surface area (Å²) in [5, 5.41) is 7.30. The third kappa shape index (κ3) is 6.53. The standard InChI is InChI=1S/C57H47N3/c1-38(2)40-23-27-45(28-24-40)59(44-20-12-7-13-21-44)53-36-51(42-16-8-5-9-17-42)47-32-34-50-54(60(55-22-14-15-35-58-55)46-29-25-41(26-30-46)39(3)4)37-52(43-18-10-6-11-19-43)48-31-33-49(53)56(47)57(48)50/h5-39H,1-4H3. The van der Waals surface area contributed by atoms with Gasteiger partial charge in [0.15, 0.2) is 0 Å². The minimum absolute atomic E-state index is 0.429. The minimum Gasteiger partial charge on any atom is -0.310 e. The number of hydrogen-bond donors (Lipinski definition) is 0. The zero-order valence-corrected chi connectivity index (χ0v) is 34.5. The molecule has 0 fully saturated rings. The lowest BCUT2D eigenvalue weighted by molar-refractivity contribution is 0.866. The van der Waals surface area contributed by atoms with E-state index in [-0.39, 0.29) is 0 Å². The SMILES string of the molecule is CC(C)c1ccc(N(c2ccccc2)c2cc(-c3ccccc3)c3ccc4c(N(c5ccc(C(C)C)cc5)c5ccccn5)cc(-c5ccccc5)c5ccc2c3c54)cc1. The largest absolute Gasteiger partial charge is 0.310 e. The lowest BCUT2D eigenvalue weighted by Gasteiger charge is -2.30. The zero-order valence-electron chi connectivity index (χ0n) is 34.5. The first-order chi connectivity index (χ1) is 29.4. The second kappa shape index (κ2) is 15.5. The number of aromatic nitrogens is 1. The molecule has 9 aromatic carbocycles. The molecular formula is C57H47N3. The predicted octanol–water partition coefficient (Wildman–Crippen LogP) is 16.5. The first kappa shape index (κ1) is 37.1. The molecule has 3 heteroatoms. The highest BCUT2D eigenvalue weighted by atomic mass is 15.2. The summed E-state index contributed by atoms with van der Waals surface area (Å²) in [7, 11) is 0. The molecule has 1 aromatic heterocycles. The van der Waals surface area contributed by atoms with Crippen molar-refractivity contribution in [1.82, 2.24) is 4.98 Å². The van der Waals surface area contributed by atoms with Gasteiger partial charge in [0, 0.05) is 44.8 Å². The Kier molecular flexibility index (Phi) is 9.58. The minimum atomic E-state index is 0.429. The lowest BCUT2D eigenvalue weighted by Crippen LogP contribution is -2.13. The molecule has 0 amide bonds. The quantitative estimate of drug-likeness (QED) is 0.129. The van der Waals surface area contributed by atoms with E-state index < -0.39 is 0 Å². The highest BCUT2D eigenvalue weighted by molar-refractivity contribution is 6.32. The van der Waals surface area contributed by atoms with Crippen molar-refractivity contribution in [2.75, 3.05) is 9.80 Å². The molecule has 0 saturated carbocycles. The van der Waals surface area contributed by atoms with E-state index >= 15 is 0 Å². The summed E-state index contributed by atoms with van der Waals surface area (Å²) in [6, 6.07) is 71.1. The van der Waals surface area contributed by atoms with Gasteiger partial charge in [-0.15, -0.1) is 0 Å². The maximum absolute atomic E-state index is 5.00. The Morgan fingerprint density at radius 2 is 0.767 bits per heavy atom. The van der Waals surface area contributed by atoms with Crippen molar-refractivity contribution in [1.29, 1.82) is 0 Å². The van der Waals surface area contributed by atoms with Crippen LogP contribution in [0.25, 0.3) is 54.6 Å². The number of hydrogen-bond acceptors (Lipinski definition) is 3. The monoisotopic (exact) mass is 773 g/mol. The first-order valence-electron chi connectivity index (χ1n) is 21.1. The van der Waals surface area contributed by atoms with Crippen molar-refractivity contribution in [3.8, 4) is 22.3 Å². The van der Waals surface area contributed by atoms with Gasteiger partial charge in [-0.2, -0.15) is 0 Å². The van der Waals surface area contributed by atoms with Crippen molar-refractivity contribution in [2.24, 2.45) is 0 Å². The predicted molar refractivity (Wildman–Crippen MR) is 256 cm³/mol. The average Bonchev–Trinajstić information content (AvgIpc) is 3.30. The van der Waals surface area contributed by atoms with E-state index in [1.54, 1.807) is 0 Å². The Morgan fingerprint density at radius 1 is 0.367 bits per heavy atom. The summed E-state index contributed by atoms with van der Waals surface area (Å²) in [5.41, 5.74) is 12.9. The van der Waals surface area contributed by atoms with Crippen LogP contribution in [0.5, 0.6) is 0 Å². The van der Waals surface area contributed by atoms with E-state index in [1.807, 2.05) is 12.3 Å². The molecule has 0 unspecified atom stereocenters. The Hall–Kier alpha value is -7.23. The lowest BCUT2D eigenvalue weighted by atomic mass is 9.85. The summed E-state index contributed by atoms with van der Waals surface area (Å²) in [6.07, 6.45) is 1.89. The summed E-state index contributed by atoms with van der Waals surface area (Å²) in [4.78, 5) is 9.78. The van der Waals surface area contributed by atoms with Crippen molar-refractivity contribution in [3.05, 3.63) is 211 Å².